The van der Waals surface area contributed by atoms with Gasteiger partial charge < -0.3 is 14.6 Å². The Balaban J connectivity index is 2.42. The van der Waals surface area contributed by atoms with E-state index >= 15 is 0 Å². The Kier molecular flexibility index (Phi) is 6.56. The summed E-state index contributed by atoms with van der Waals surface area (Å²) >= 11 is 0. The fraction of sp³-hybridized carbons (Fsp3) is 0.450. The van der Waals surface area contributed by atoms with Crippen LogP contribution in [0.2, 0.25) is 0 Å². The lowest BCUT2D eigenvalue weighted by Gasteiger charge is -2.17. The highest BCUT2D eigenvalue weighted by Gasteiger charge is 2.24. The molecule has 2 aromatic rings. The standard InChI is InChI=1S/C20H29N3O4S/c1-8-27-18-10-9-16(12-19(18)28(25,26)22(6)7)21-20(24)17-11-14(4)23(13(2)3)15(17)5/h9-13H,8H2,1-7H3,(H,21,24). The number of benzene rings is 1. The molecule has 0 bridgehead atoms. The molecule has 0 saturated carbocycles. The fourth-order valence-electron chi connectivity index (χ4n) is 3.26. The van der Waals surface area contributed by atoms with E-state index in [1.54, 1.807) is 19.1 Å². The summed E-state index contributed by atoms with van der Waals surface area (Å²) in [7, 11) is -0.811. The first kappa shape index (κ1) is 22.0. The van der Waals surface area contributed by atoms with Gasteiger partial charge in [0.2, 0.25) is 10.0 Å². The van der Waals surface area contributed by atoms with Gasteiger partial charge in [0.25, 0.3) is 5.91 Å². The van der Waals surface area contributed by atoms with Crippen LogP contribution in [0, 0.1) is 13.8 Å². The van der Waals surface area contributed by atoms with E-state index in [2.05, 4.69) is 23.7 Å². The molecule has 0 saturated heterocycles. The van der Waals surface area contributed by atoms with Crippen molar-refractivity contribution in [2.45, 2.75) is 45.6 Å². The largest absolute Gasteiger partial charge is 0.492 e. The highest BCUT2D eigenvalue weighted by Crippen LogP contribution is 2.30. The average Bonchev–Trinajstić information content (AvgIpc) is 2.90. The topological polar surface area (TPSA) is 80.6 Å². The first-order valence-electron chi connectivity index (χ1n) is 9.19. The molecule has 0 aliphatic rings. The normalized spacial score (nSPS) is 11.9. The molecule has 8 heteroatoms. The van der Waals surface area contributed by atoms with Crippen LogP contribution in [0.5, 0.6) is 5.75 Å². The van der Waals surface area contributed by atoms with Gasteiger partial charge in [0.15, 0.2) is 0 Å². The summed E-state index contributed by atoms with van der Waals surface area (Å²) in [5, 5.41) is 2.81. The Morgan fingerprint density at radius 3 is 2.36 bits per heavy atom. The number of carbonyl (C=O) groups is 1. The Bertz CT molecular complexity index is 976. The number of ether oxygens (including phenoxy) is 1. The van der Waals surface area contributed by atoms with Crippen molar-refractivity contribution in [1.82, 2.24) is 8.87 Å². The molecular formula is C20H29N3O4S. The number of carbonyl (C=O) groups excluding carboxylic acids is 1. The Morgan fingerprint density at radius 1 is 1.21 bits per heavy atom. The lowest BCUT2D eigenvalue weighted by atomic mass is 10.2. The second-order valence-electron chi connectivity index (χ2n) is 7.08. The maximum atomic E-state index is 12.8. The van der Waals surface area contributed by atoms with Crippen molar-refractivity contribution in [3.8, 4) is 5.75 Å². The van der Waals surface area contributed by atoms with Gasteiger partial charge in [0.1, 0.15) is 10.6 Å². The number of hydrogen-bond donors (Lipinski definition) is 1. The monoisotopic (exact) mass is 407 g/mol. The number of anilines is 1. The minimum absolute atomic E-state index is 0.0183. The molecule has 0 atom stereocenters. The number of nitrogens with one attached hydrogen (secondary N) is 1. The summed E-state index contributed by atoms with van der Waals surface area (Å²) in [5.41, 5.74) is 2.83. The molecule has 0 radical (unpaired) electrons. The molecular weight excluding hydrogens is 378 g/mol. The second-order valence-corrected chi connectivity index (χ2v) is 9.20. The Morgan fingerprint density at radius 2 is 1.86 bits per heavy atom. The molecule has 0 unspecified atom stereocenters. The van der Waals surface area contributed by atoms with Crippen molar-refractivity contribution >= 4 is 21.6 Å². The van der Waals surface area contributed by atoms with Crippen molar-refractivity contribution in [3.63, 3.8) is 0 Å². The van der Waals surface area contributed by atoms with Crippen LogP contribution in [-0.4, -0.2) is 43.9 Å². The first-order chi connectivity index (χ1) is 13.0. The smallest absolute Gasteiger partial charge is 0.257 e. The van der Waals surface area contributed by atoms with Crippen LogP contribution < -0.4 is 10.1 Å². The molecule has 2 rings (SSSR count). The van der Waals surface area contributed by atoms with Gasteiger partial charge in [-0.05, 0) is 58.9 Å². The molecule has 0 fully saturated rings. The van der Waals surface area contributed by atoms with Crippen LogP contribution >= 0.6 is 0 Å². The molecule has 1 aromatic carbocycles. The van der Waals surface area contributed by atoms with E-state index in [1.165, 1.54) is 20.2 Å². The van der Waals surface area contributed by atoms with Gasteiger partial charge in [-0.15, -0.1) is 0 Å². The molecule has 7 nitrogen and oxygen atoms in total. The van der Waals surface area contributed by atoms with Crippen LogP contribution in [0.15, 0.2) is 29.2 Å². The van der Waals surface area contributed by atoms with Crippen molar-refractivity contribution in [1.29, 1.82) is 0 Å². The molecule has 1 N–H and O–H groups in total. The van der Waals surface area contributed by atoms with Crippen LogP contribution in [0.25, 0.3) is 0 Å². The van der Waals surface area contributed by atoms with Gasteiger partial charge in [-0.1, -0.05) is 0 Å². The fourth-order valence-corrected chi connectivity index (χ4v) is 4.31. The Labute approximate surface area is 167 Å². The molecule has 1 aromatic heterocycles. The average molecular weight is 408 g/mol. The van der Waals surface area contributed by atoms with E-state index in [0.717, 1.165) is 15.7 Å². The Hall–Kier alpha value is -2.32. The van der Waals surface area contributed by atoms with Crippen molar-refractivity contribution in [2.75, 3.05) is 26.0 Å². The number of amides is 1. The van der Waals surface area contributed by atoms with E-state index in [-0.39, 0.29) is 22.6 Å². The minimum atomic E-state index is -3.72. The molecule has 1 amide bonds. The van der Waals surface area contributed by atoms with Gasteiger partial charge in [-0.25, -0.2) is 12.7 Å². The van der Waals surface area contributed by atoms with Crippen LogP contribution in [0.3, 0.4) is 0 Å². The number of sulfonamides is 1. The predicted octanol–water partition coefficient (Wildman–Crippen LogP) is 3.59. The maximum Gasteiger partial charge on any atom is 0.257 e. The van der Waals surface area contributed by atoms with Crippen molar-refractivity contribution < 1.29 is 17.9 Å². The van der Waals surface area contributed by atoms with Crippen LogP contribution in [0.4, 0.5) is 5.69 Å². The zero-order valence-electron chi connectivity index (χ0n) is 17.5. The third-order valence-corrected chi connectivity index (χ3v) is 6.34. The lowest BCUT2D eigenvalue weighted by molar-refractivity contribution is 0.102. The quantitative estimate of drug-likeness (QED) is 0.761. The van der Waals surface area contributed by atoms with Gasteiger partial charge in [-0.2, -0.15) is 0 Å². The second kappa shape index (κ2) is 8.36. The number of aryl methyl sites for hydroxylation is 1. The third kappa shape index (κ3) is 4.23. The highest BCUT2D eigenvalue weighted by molar-refractivity contribution is 7.89. The van der Waals surface area contributed by atoms with Crippen LogP contribution in [-0.2, 0) is 10.0 Å². The summed E-state index contributed by atoms with van der Waals surface area (Å²) in [4.78, 5) is 12.8. The first-order valence-corrected chi connectivity index (χ1v) is 10.6. The summed E-state index contributed by atoms with van der Waals surface area (Å²) in [5.74, 6) is -0.0236. The summed E-state index contributed by atoms with van der Waals surface area (Å²) in [6.45, 7) is 10.1. The molecule has 28 heavy (non-hydrogen) atoms. The van der Waals surface area contributed by atoms with Crippen molar-refractivity contribution in [3.05, 3.63) is 41.2 Å². The van der Waals surface area contributed by atoms with Crippen LogP contribution in [0.1, 0.15) is 48.6 Å². The molecule has 1 heterocycles. The van der Waals surface area contributed by atoms with E-state index in [4.69, 9.17) is 4.74 Å². The van der Waals surface area contributed by atoms with Gasteiger partial charge >= 0.3 is 0 Å². The number of rotatable bonds is 7. The number of hydrogen-bond acceptors (Lipinski definition) is 4. The summed E-state index contributed by atoms with van der Waals surface area (Å²) in [6, 6.07) is 6.71. The molecule has 154 valence electrons. The van der Waals surface area contributed by atoms with E-state index < -0.39 is 10.0 Å². The minimum Gasteiger partial charge on any atom is -0.492 e. The van der Waals surface area contributed by atoms with E-state index in [1.807, 2.05) is 19.9 Å². The predicted molar refractivity (Wildman–Crippen MR) is 111 cm³/mol. The zero-order valence-corrected chi connectivity index (χ0v) is 18.3. The third-order valence-electron chi connectivity index (χ3n) is 4.51. The molecule has 0 spiro atoms. The van der Waals surface area contributed by atoms with E-state index in [0.29, 0.717) is 17.9 Å². The van der Waals surface area contributed by atoms with Gasteiger partial charge in [-0.3, -0.25) is 4.79 Å². The zero-order chi connectivity index (χ0) is 21.2. The highest BCUT2D eigenvalue weighted by atomic mass is 32.2. The van der Waals surface area contributed by atoms with Crippen molar-refractivity contribution in [2.24, 2.45) is 0 Å². The summed E-state index contributed by atoms with van der Waals surface area (Å²) in [6.07, 6.45) is 0. The SMILES string of the molecule is CCOc1ccc(NC(=O)c2cc(C)n(C(C)C)c2C)cc1S(=O)(=O)N(C)C. The number of nitrogens with zero attached hydrogens (tertiary/aromatic N) is 2. The van der Waals surface area contributed by atoms with E-state index in [9.17, 15) is 13.2 Å². The maximum absolute atomic E-state index is 12.8. The van der Waals surface area contributed by atoms with Gasteiger partial charge in [0, 0.05) is 37.2 Å². The lowest BCUT2D eigenvalue weighted by Crippen LogP contribution is -2.23. The number of aromatic nitrogens is 1. The molecule has 0 aliphatic carbocycles. The van der Waals surface area contributed by atoms with Gasteiger partial charge in [0.05, 0.1) is 12.2 Å². The molecule has 0 aliphatic heterocycles. The summed E-state index contributed by atoms with van der Waals surface area (Å²) < 4.78 is 34.0.